The first-order chi connectivity index (χ1) is 13.6. The van der Waals surface area contributed by atoms with Gasteiger partial charge in [0.15, 0.2) is 0 Å². The van der Waals surface area contributed by atoms with E-state index in [0.29, 0.717) is 35.3 Å². The highest BCUT2D eigenvalue weighted by Crippen LogP contribution is 2.40. The minimum Gasteiger partial charge on any atom is -0.462 e. The number of carbonyl (C=O) groups excluding carboxylic acids is 1. The van der Waals surface area contributed by atoms with Crippen molar-refractivity contribution in [2.75, 3.05) is 19.8 Å². The fraction of sp³-hybridized carbons (Fsp3) is 0.381. The number of carbonyl (C=O) groups is 1. The number of rotatable bonds is 4. The van der Waals surface area contributed by atoms with Crippen LogP contribution in [0.3, 0.4) is 0 Å². The molecule has 3 aromatic rings. The third kappa shape index (κ3) is 3.55. The molecule has 28 heavy (non-hydrogen) atoms. The molecule has 0 aliphatic carbocycles. The lowest BCUT2D eigenvalue weighted by molar-refractivity contribution is 0.0531. The van der Waals surface area contributed by atoms with Crippen molar-refractivity contribution in [2.45, 2.75) is 32.6 Å². The van der Waals surface area contributed by atoms with Crippen LogP contribution in [-0.4, -0.2) is 30.8 Å². The molecular weight excluding hydrogens is 392 g/mol. The maximum Gasteiger partial charge on any atom is 0.350 e. The van der Waals surface area contributed by atoms with Crippen LogP contribution in [0.1, 0.15) is 52.2 Å². The lowest BCUT2D eigenvalue weighted by Gasteiger charge is -2.22. The second-order valence-corrected chi connectivity index (χ2v) is 8.83. The Bertz CT molecular complexity index is 1070. The van der Waals surface area contributed by atoms with E-state index < -0.39 is 0 Å². The largest absolute Gasteiger partial charge is 0.462 e. The van der Waals surface area contributed by atoms with E-state index in [4.69, 9.17) is 9.47 Å². The average molecular weight is 413 g/mol. The van der Waals surface area contributed by atoms with Crippen LogP contribution in [0.25, 0.3) is 20.0 Å². The molecule has 0 radical (unpaired) electrons. The molecule has 1 aliphatic rings. The predicted octanol–water partition coefficient (Wildman–Crippen LogP) is 5.28. The van der Waals surface area contributed by atoms with Crippen molar-refractivity contribution in [1.29, 1.82) is 5.26 Å². The second-order valence-electron chi connectivity index (χ2n) is 6.78. The highest BCUT2D eigenvalue weighted by molar-refractivity contribution is 7.26. The maximum absolute atomic E-state index is 12.1. The first kappa shape index (κ1) is 19.1. The predicted molar refractivity (Wildman–Crippen MR) is 111 cm³/mol. The number of ether oxygens (including phenoxy) is 2. The van der Waals surface area contributed by atoms with Crippen LogP contribution in [0.2, 0.25) is 0 Å². The number of nitriles is 1. The summed E-state index contributed by atoms with van der Waals surface area (Å²) in [7, 11) is 0. The number of benzene rings is 1. The molecule has 5 nitrogen and oxygen atoms in total. The van der Waals surface area contributed by atoms with Gasteiger partial charge in [-0.15, -0.1) is 22.7 Å². The summed E-state index contributed by atoms with van der Waals surface area (Å²) in [5.41, 5.74) is 2.53. The molecule has 1 unspecified atom stereocenters. The van der Waals surface area contributed by atoms with Crippen molar-refractivity contribution in [2.24, 2.45) is 0 Å². The molecule has 1 aliphatic heterocycles. The Morgan fingerprint density at radius 3 is 2.96 bits per heavy atom. The van der Waals surface area contributed by atoms with Crippen LogP contribution in [0.5, 0.6) is 0 Å². The summed E-state index contributed by atoms with van der Waals surface area (Å²) in [6.45, 7) is 5.48. The third-order valence-corrected chi connectivity index (χ3v) is 7.35. The van der Waals surface area contributed by atoms with Crippen LogP contribution in [0.4, 0.5) is 0 Å². The zero-order valence-corrected chi connectivity index (χ0v) is 17.4. The fourth-order valence-corrected chi connectivity index (χ4v) is 5.60. The normalized spacial score (nSPS) is 16.8. The van der Waals surface area contributed by atoms with Crippen LogP contribution in [-0.2, 0) is 9.47 Å². The van der Waals surface area contributed by atoms with E-state index in [1.807, 2.05) is 13.0 Å². The maximum atomic E-state index is 12.1. The Balaban J connectivity index is 1.74. The van der Waals surface area contributed by atoms with Gasteiger partial charge in [0.2, 0.25) is 0 Å². The van der Waals surface area contributed by atoms with E-state index in [0.717, 1.165) is 45.0 Å². The summed E-state index contributed by atoms with van der Waals surface area (Å²) in [6.07, 6.45) is 2.14. The molecule has 2 aromatic heterocycles. The van der Waals surface area contributed by atoms with Gasteiger partial charge in [-0.25, -0.2) is 9.78 Å². The van der Waals surface area contributed by atoms with Gasteiger partial charge in [0.05, 0.1) is 34.0 Å². The molecular formula is C21H20N2O3S2. The molecule has 1 aromatic carbocycles. The van der Waals surface area contributed by atoms with Gasteiger partial charge < -0.3 is 9.47 Å². The van der Waals surface area contributed by atoms with E-state index >= 15 is 0 Å². The molecule has 4 rings (SSSR count). The number of esters is 1. The lowest BCUT2D eigenvalue weighted by atomic mass is 9.91. The molecule has 3 heterocycles. The van der Waals surface area contributed by atoms with Crippen LogP contribution in [0, 0.1) is 18.3 Å². The van der Waals surface area contributed by atoms with Crippen molar-refractivity contribution in [3.05, 3.63) is 39.9 Å². The van der Waals surface area contributed by atoms with Crippen LogP contribution < -0.4 is 0 Å². The number of thiophene rings is 1. The summed E-state index contributed by atoms with van der Waals surface area (Å²) in [5.74, 6) is 0.00767. The summed E-state index contributed by atoms with van der Waals surface area (Å²) in [6, 6.07) is 8.58. The number of fused-ring (bicyclic) bond motifs is 1. The molecule has 1 saturated heterocycles. The van der Waals surface area contributed by atoms with E-state index in [9.17, 15) is 10.1 Å². The van der Waals surface area contributed by atoms with Gasteiger partial charge in [-0.2, -0.15) is 5.26 Å². The average Bonchev–Trinajstić information content (AvgIpc) is 3.31. The number of nitrogens with zero attached hydrogens (tertiary/aromatic N) is 2. The van der Waals surface area contributed by atoms with Gasteiger partial charge in [0, 0.05) is 12.5 Å². The van der Waals surface area contributed by atoms with Crippen molar-refractivity contribution >= 4 is 38.7 Å². The van der Waals surface area contributed by atoms with Gasteiger partial charge in [0.1, 0.15) is 16.0 Å². The number of thiazole rings is 1. The zero-order chi connectivity index (χ0) is 19.7. The molecule has 7 heteroatoms. The van der Waals surface area contributed by atoms with Crippen molar-refractivity contribution in [1.82, 2.24) is 4.98 Å². The summed E-state index contributed by atoms with van der Waals surface area (Å²) in [5, 5.41) is 11.5. The van der Waals surface area contributed by atoms with Crippen molar-refractivity contribution in [3.63, 3.8) is 0 Å². The molecule has 0 spiro atoms. The van der Waals surface area contributed by atoms with Crippen molar-refractivity contribution in [3.8, 4) is 16.0 Å². The zero-order valence-electron chi connectivity index (χ0n) is 15.8. The Hall–Kier alpha value is -2.27. The van der Waals surface area contributed by atoms with Gasteiger partial charge in [-0.05, 0) is 55.8 Å². The Morgan fingerprint density at radius 2 is 2.25 bits per heavy atom. The van der Waals surface area contributed by atoms with E-state index in [1.54, 1.807) is 18.3 Å². The van der Waals surface area contributed by atoms with E-state index in [2.05, 4.69) is 23.2 Å². The molecule has 0 N–H and O–H groups in total. The molecule has 1 atom stereocenters. The van der Waals surface area contributed by atoms with E-state index in [1.165, 1.54) is 11.3 Å². The highest BCUT2D eigenvalue weighted by Gasteiger charge is 2.21. The van der Waals surface area contributed by atoms with Gasteiger partial charge in [-0.3, -0.25) is 0 Å². The van der Waals surface area contributed by atoms with Crippen LogP contribution >= 0.6 is 22.7 Å². The Kier molecular flexibility index (Phi) is 5.44. The van der Waals surface area contributed by atoms with Gasteiger partial charge in [-0.1, -0.05) is 0 Å². The Morgan fingerprint density at radius 1 is 1.39 bits per heavy atom. The van der Waals surface area contributed by atoms with Crippen LogP contribution in [0.15, 0.2) is 18.2 Å². The van der Waals surface area contributed by atoms with Crippen molar-refractivity contribution < 1.29 is 14.3 Å². The molecule has 0 amide bonds. The number of aromatic nitrogens is 1. The molecule has 144 valence electrons. The Labute approximate surface area is 171 Å². The monoisotopic (exact) mass is 412 g/mol. The smallest absolute Gasteiger partial charge is 0.350 e. The first-order valence-corrected chi connectivity index (χ1v) is 10.9. The number of hydrogen-bond donors (Lipinski definition) is 0. The van der Waals surface area contributed by atoms with Gasteiger partial charge in [0.25, 0.3) is 0 Å². The quantitative estimate of drug-likeness (QED) is 0.546. The summed E-state index contributed by atoms with van der Waals surface area (Å²) < 4.78 is 11.7. The molecule has 0 bridgehead atoms. The molecule has 1 fully saturated rings. The standard InChI is InChI=1S/C21H20N2O3S2/c1-3-26-21(24)18-12(2)23-20(28-18)17-9-15-7-14(13-5-4-6-25-11-13)8-16(10-22)19(15)27-17/h7-9,13H,3-6,11H2,1-2H3. The highest BCUT2D eigenvalue weighted by atomic mass is 32.1. The third-order valence-electron chi connectivity index (χ3n) is 4.86. The minimum atomic E-state index is -0.331. The minimum absolute atomic E-state index is 0.331. The second kappa shape index (κ2) is 8.00. The number of aryl methyl sites for hydroxylation is 1. The lowest BCUT2D eigenvalue weighted by Crippen LogP contribution is -2.15. The van der Waals surface area contributed by atoms with Gasteiger partial charge >= 0.3 is 5.97 Å². The topological polar surface area (TPSA) is 72.2 Å². The summed E-state index contributed by atoms with van der Waals surface area (Å²) >= 11 is 2.89. The number of hydrogen-bond acceptors (Lipinski definition) is 7. The summed E-state index contributed by atoms with van der Waals surface area (Å²) in [4.78, 5) is 18.2. The fourth-order valence-electron chi connectivity index (χ4n) is 3.49. The molecule has 0 saturated carbocycles. The first-order valence-electron chi connectivity index (χ1n) is 9.31. The van der Waals surface area contributed by atoms with E-state index in [-0.39, 0.29) is 5.97 Å². The SMILES string of the molecule is CCOC(=O)c1sc(-c2cc3cc(C4CCCOC4)cc(C#N)c3s2)nc1C.